The van der Waals surface area contributed by atoms with Gasteiger partial charge in [0.1, 0.15) is 11.6 Å². The molecule has 1 aromatic carbocycles. The standard InChI is InChI=1S/C14H18F2N2O/c1-18(10-4-3-7-17-9-10)14(19)8-11-12(15)5-2-6-13(11)16/h2,5-6,10,17H,3-4,7-9H2,1H3. The quantitative estimate of drug-likeness (QED) is 0.905. The van der Waals surface area contributed by atoms with E-state index in [9.17, 15) is 13.6 Å². The summed E-state index contributed by atoms with van der Waals surface area (Å²) < 4.78 is 27.0. The van der Waals surface area contributed by atoms with Crippen LogP contribution in [0.5, 0.6) is 0 Å². The van der Waals surface area contributed by atoms with Crippen molar-refractivity contribution in [3.8, 4) is 0 Å². The molecule has 1 aliphatic heterocycles. The summed E-state index contributed by atoms with van der Waals surface area (Å²) in [5.74, 6) is -1.58. The maximum Gasteiger partial charge on any atom is 0.227 e. The lowest BCUT2D eigenvalue weighted by Crippen LogP contribution is -2.47. The molecule has 1 aliphatic rings. The number of carbonyl (C=O) groups excluding carboxylic acids is 1. The third-order valence-corrected chi connectivity index (χ3v) is 3.60. The van der Waals surface area contributed by atoms with Crippen LogP contribution in [0.2, 0.25) is 0 Å². The van der Waals surface area contributed by atoms with E-state index in [0.29, 0.717) is 0 Å². The van der Waals surface area contributed by atoms with Crippen LogP contribution in [0.25, 0.3) is 0 Å². The van der Waals surface area contributed by atoms with Crippen LogP contribution < -0.4 is 5.32 Å². The fourth-order valence-corrected chi connectivity index (χ4v) is 2.34. The number of nitrogens with one attached hydrogen (secondary N) is 1. The molecule has 2 rings (SSSR count). The van der Waals surface area contributed by atoms with Crippen LogP contribution in [0.1, 0.15) is 18.4 Å². The Bertz CT molecular complexity index is 439. The van der Waals surface area contributed by atoms with E-state index in [0.717, 1.165) is 25.9 Å². The molecular weight excluding hydrogens is 250 g/mol. The van der Waals surface area contributed by atoms with E-state index in [2.05, 4.69) is 5.32 Å². The summed E-state index contributed by atoms with van der Waals surface area (Å²) in [7, 11) is 1.69. The molecule has 0 aromatic heterocycles. The third kappa shape index (κ3) is 3.29. The van der Waals surface area contributed by atoms with E-state index in [4.69, 9.17) is 0 Å². The minimum absolute atomic E-state index is 0.107. The average Bonchev–Trinajstić information content (AvgIpc) is 2.43. The van der Waals surface area contributed by atoms with E-state index in [1.54, 1.807) is 11.9 Å². The third-order valence-electron chi connectivity index (χ3n) is 3.60. The second kappa shape index (κ2) is 6.10. The minimum Gasteiger partial charge on any atom is -0.341 e. The van der Waals surface area contributed by atoms with Gasteiger partial charge < -0.3 is 10.2 Å². The van der Waals surface area contributed by atoms with Gasteiger partial charge in [-0.2, -0.15) is 0 Å². The van der Waals surface area contributed by atoms with Crippen LogP contribution in [0.15, 0.2) is 18.2 Å². The highest BCUT2D eigenvalue weighted by atomic mass is 19.1. The first-order valence-corrected chi connectivity index (χ1v) is 6.49. The van der Waals surface area contributed by atoms with E-state index >= 15 is 0 Å². The Kier molecular flexibility index (Phi) is 4.47. The van der Waals surface area contributed by atoms with Gasteiger partial charge in [0, 0.05) is 25.2 Å². The molecule has 0 bridgehead atoms. The number of halogens is 2. The lowest BCUT2D eigenvalue weighted by atomic mass is 10.0. The molecule has 19 heavy (non-hydrogen) atoms. The lowest BCUT2D eigenvalue weighted by Gasteiger charge is -2.31. The first-order chi connectivity index (χ1) is 9.09. The van der Waals surface area contributed by atoms with E-state index < -0.39 is 11.6 Å². The van der Waals surface area contributed by atoms with E-state index in [1.165, 1.54) is 18.2 Å². The Morgan fingerprint density at radius 2 is 2.11 bits per heavy atom. The summed E-state index contributed by atoms with van der Waals surface area (Å²) in [6, 6.07) is 3.76. The molecule has 0 spiro atoms. The molecule has 5 heteroatoms. The topological polar surface area (TPSA) is 32.3 Å². The summed E-state index contributed by atoms with van der Waals surface area (Å²) in [6.07, 6.45) is 1.71. The van der Waals surface area contributed by atoms with Crippen LogP contribution in [0.4, 0.5) is 8.78 Å². The van der Waals surface area contributed by atoms with Crippen molar-refractivity contribution in [2.75, 3.05) is 20.1 Å². The molecular formula is C14H18F2N2O. The van der Waals surface area contributed by atoms with Gasteiger partial charge in [-0.3, -0.25) is 4.79 Å². The van der Waals surface area contributed by atoms with Gasteiger partial charge in [-0.1, -0.05) is 6.07 Å². The van der Waals surface area contributed by atoms with E-state index in [-0.39, 0.29) is 23.9 Å². The van der Waals surface area contributed by atoms with Gasteiger partial charge in [0.15, 0.2) is 0 Å². The molecule has 3 nitrogen and oxygen atoms in total. The molecule has 1 saturated heterocycles. The molecule has 0 saturated carbocycles. The van der Waals surface area contributed by atoms with Gasteiger partial charge >= 0.3 is 0 Å². The number of likely N-dealkylation sites (N-methyl/N-ethyl adjacent to an activating group) is 1. The molecule has 0 aliphatic carbocycles. The highest BCUT2D eigenvalue weighted by molar-refractivity contribution is 5.79. The van der Waals surface area contributed by atoms with Crippen molar-refractivity contribution in [1.29, 1.82) is 0 Å². The van der Waals surface area contributed by atoms with Crippen LogP contribution in [-0.4, -0.2) is 37.0 Å². The highest BCUT2D eigenvalue weighted by Gasteiger charge is 2.23. The molecule has 104 valence electrons. The summed E-state index contributed by atoms with van der Waals surface area (Å²) in [5, 5.41) is 3.22. The maximum absolute atomic E-state index is 13.5. The molecule has 1 aromatic rings. The molecule has 1 heterocycles. The highest BCUT2D eigenvalue weighted by Crippen LogP contribution is 2.15. The van der Waals surface area contributed by atoms with Gasteiger partial charge in [-0.15, -0.1) is 0 Å². The number of piperidine rings is 1. The smallest absolute Gasteiger partial charge is 0.227 e. The van der Waals surface area contributed by atoms with Crippen molar-refractivity contribution in [3.05, 3.63) is 35.4 Å². The number of hydrogen-bond acceptors (Lipinski definition) is 2. The second-order valence-corrected chi connectivity index (χ2v) is 4.88. The molecule has 1 fully saturated rings. The van der Waals surface area contributed by atoms with Crippen molar-refractivity contribution < 1.29 is 13.6 Å². The van der Waals surface area contributed by atoms with Crippen molar-refractivity contribution >= 4 is 5.91 Å². The molecule has 1 atom stereocenters. The Hall–Kier alpha value is -1.49. The van der Waals surface area contributed by atoms with Gasteiger partial charge in [-0.05, 0) is 31.5 Å². The van der Waals surface area contributed by atoms with Crippen molar-refractivity contribution in [2.45, 2.75) is 25.3 Å². The number of benzene rings is 1. The van der Waals surface area contributed by atoms with Crippen LogP contribution in [0.3, 0.4) is 0 Å². The average molecular weight is 268 g/mol. The molecule has 1 N–H and O–H groups in total. The first kappa shape index (κ1) is 13.9. The SMILES string of the molecule is CN(C(=O)Cc1c(F)cccc1F)C1CCCNC1. The van der Waals surface area contributed by atoms with Crippen LogP contribution in [-0.2, 0) is 11.2 Å². The summed E-state index contributed by atoms with van der Waals surface area (Å²) in [5.41, 5.74) is -0.150. The summed E-state index contributed by atoms with van der Waals surface area (Å²) in [4.78, 5) is 13.7. The first-order valence-electron chi connectivity index (χ1n) is 6.49. The van der Waals surface area contributed by atoms with Crippen molar-refractivity contribution in [1.82, 2.24) is 10.2 Å². The van der Waals surface area contributed by atoms with Crippen LogP contribution in [0, 0.1) is 11.6 Å². The van der Waals surface area contributed by atoms with Crippen molar-refractivity contribution in [2.24, 2.45) is 0 Å². The molecule has 1 unspecified atom stereocenters. The normalized spacial score (nSPS) is 19.2. The number of rotatable bonds is 3. The van der Waals surface area contributed by atoms with Gasteiger partial charge in [0.25, 0.3) is 0 Å². The number of carbonyl (C=O) groups is 1. The lowest BCUT2D eigenvalue weighted by molar-refractivity contribution is -0.131. The predicted octanol–water partition coefficient (Wildman–Crippen LogP) is 1.72. The van der Waals surface area contributed by atoms with Gasteiger partial charge in [0.2, 0.25) is 5.91 Å². The van der Waals surface area contributed by atoms with Gasteiger partial charge in [0.05, 0.1) is 6.42 Å². The monoisotopic (exact) mass is 268 g/mol. The zero-order chi connectivity index (χ0) is 13.8. The summed E-state index contributed by atoms with van der Waals surface area (Å²) >= 11 is 0. The largest absolute Gasteiger partial charge is 0.341 e. The predicted molar refractivity (Wildman–Crippen MR) is 68.7 cm³/mol. The van der Waals surface area contributed by atoms with E-state index in [1.807, 2.05) is 0 Å². The Labute approximate surface area is 111 Å². The summed E-state index contributed by atoms with van der Waals surface area (Å²) in [6.45, 7) is 1.70. The van der Waals surface area contributed by atoms with Crippen LogP contribution >= 0.6 is 0 Å². The molecule has 1 amide bonds. The number of amides is 1. The zero-order valence-electron chi connectivity index (χ0n) is 11.0. The maximum atomic E-state index is 13.5. The van der Waals surface area contributed by atoms with Gasteiger partial charge in [-0.25, -0.2) is 8.78 Å². The number of hydrogen-bond donors (Lipinski definition) is 1. The Balaban J connectivity index is 2.04. The second-order valence-electron chi connectivity index (χ2n) is 4.88. The van der Waals surface area contributed by atoms with Crippen molar-refractivity contribution in [3.63, 3.8) is 0 Å². The zero-order valence-corrected chi connectivity index (χ0v) is 11.0. The Morgan fingerprint density at radius 1 is 1.42 bits per heavy atom. The fraction of sp³-hybridized carbons (Fsp3) is 0.500. The fourth-order valence-electron chi connectivity index (χ4n) is 2.34. The minimum atomic E-state index is -0.663. The Morgan fingerprint density at radius 3 is 2.68 bits per heavy atom. The number of nitrogens with zero attached hydrogens (tertiary/aromatic N) is 1. The molecule has 0 radical (unpaired) electrons.